The van der Waals surface area contributed by atoms with Crippen LogP contribution in [0.15, 0.2) is 194 Å². The molecule has 0 aliphatic heterocycles. The number of aromatic nitrogens is 4. The van der Waals surface area contributed by atoms with Crippen LogP contribution in [0.5, 0.6) is 0 Å². The van der Waals surface area contributed by atoms with E-state index >= 15 is 0 Å². The van der Waals surface area contributed by atoms with Crippen molar-refractivity contribution in [3.05, 3.63) is 194 Å². The first-order chi connectivity index (χ1) is 27.8. The summed E-state index contributed by atoms with van der Waals surface area (Å²) < 4.78 is 4.84. The summed E-state index contributed by atoms with van der Waals surface area (Å²) in [5.41, 5.74) is 13.1. The van der Waals surface area contributed by atoms with Gasteiger partial charge >= 0.3 is 0 Å². The minimum absolute atomic E-state index is 0.851. The summed E-state index contributed by atoms with van der Waals surface area (Å²) >= 11 is 0. The molecule has 0 spiro atoms. The standard InChI is InChI=1S/C52H32N4/c1-2-14-33(15-3-1)34-16-12-18-36(28-34)55-47-26-10-8-22-40(47)44-31-50-45(30-49(44)55)41-23-9-11-27-48(41)56(50)37-19-13-17-35(29-37)46-32-53-51-42-24-6-4-20-38(42)39-21-5-7-25-43(39)52(51)54-46/h1-32H. The highest BCUT2D eigenvalue weighted by Crippen LogP contribution is 2.41. The minimum atomic E-state index is 0.851. The van der Waals surface area contributed by atoms with Crippen molar-refractivity contribution in [3.63, 3.8) is 0 Å². The molecule has 0 aliphatic rings. The molecule has 0 N–H and O–H groups in total. The first-order valence-electron chi connectivity index (χ1n) is 19.1. The summed E-state index contributed by atoms with van der Waals surface area (Å²) in [7, 11) is 0. The first-order valence-corrected chi connectivity index (χ1v) is 19.1. The summed E-state index contributed by atoms with van der Waals surface area (Å²) in [4.78, 5) is 10.4. The van der Waals surface area contributed by atoms with Gasteiger partial charge in [-0.05, 0) is 70.4 Å². The smallest absolute Gasteiger partial charge is 0.0979 e. The molecule has 0 radical (unpaired) electrons. The third-order valence-electron chi connectivity index (χ3n) is 11.5. The first kappa shape index (κ1) is 30.9. The molecule has 0 saturated heterocycles. The molecule has 260 valence electrons. The van der Waals surface area contributed by atoms with E-state index in [9.17, 15) is 0 Å². The van der Waals surface area contributed by atoms with Gasteiger partial charge in [0.25, 0.3) is 0 Å². The Morgan fingerprint density at radius 3 is 1.38 bits per heavy atom. The lowest BCUT2D eigenvalue weighted by atomic mass is 9.99. The Kier molecular flexibility index (Phi) is 6.60. The van der Waals surface area contributed by atoms with Crippen molar-refractivity contribution in [3.8, 4) is 33.8 Å². The van der Waals surface area contributed by atoms with Crippen LogP contribution in [-0.4, -0.2) is 19.1 Å². The molecule has 4 nitrogen and oxygen atoms in total. The van der Waals surface area contributed by atoms with Crippen LogP contribution in [0, 0.1) is 0 Å². The van der Waals surface area contributed by atoms with Crippen LogP contribution in [0.4, 0.5) is 0 Å². The maximum Gasteiger partial charge on any atom is 0.0979 e. The Hall–Kier alpha value is -7.56. The number of hydrogen-bond donors (Lipinski definition) is 0. The lowest BCUT2D eigenvalue weighted by Crippen LogP contribution is -1.96. The van der Waals surface area contributed by atoms with Gasteiger partial charge in [0.2, 0.25) is 0 Å². The van der Waals surface area contributed by atoms with Gasteiger partial charge in [-0.1, -0.05) is 140 Å². The summed E-state index contributed by atoms with van der Waals surface area (Å²) in [6, 6.07) is 67.6. The molecule has 0 fully saturated rings. The van der Waals surface area contributed by atoms with Gasteiger partial charge in [0.15, 0.2) is 0 Å². The molecular formula is C52H32N4. The zero-order valence-corrected chi connectivity index (χ0v) is 30.3. The molecule has 56 heavy (non-hydrogen) atoms. The van der Waals surface area contributed by atoms with Crippen LogP contribution in [0.1, 0.15) is 0 Å². The second-order valence-electron chi connectivity index (χ2n) is 14.6. The number of fused-ring (bicyclic) bond motifs is 12. The predicted molar refractivity (Wildman–Crippen MR) is 234 cm³/mol. The topological polar surface area (TPSA) is 35.6 Å². The quantitative estimate of drug-likeness (QED) is 0.170. The fourth-order valence-corrected chi connectivity index (χ4v) is 9.01. The number of rotatable bonds is 4. The van der Waals surface area contributed by atoms with Crippen LogP contribution in [0.25, 0.3) is 110 Å². The van der Waals surface area contributed by atoms with Gasteiger partial charge < -0.3 is 9.13 Å². The summed E-state index contributed by atoms with van der Waals surface area (Å²) in [5, 5.41) is 9.50. The van der Waals surface area contributed by atoms with E-state index in [0.717, 1.165) is 50.0 Å². The molecule has 3 heterocycles. The fourth-order valence-electron chi connectivity index (χ4n) is 9.01. The number of nitrogens with zero attached hydrogens (tertiary/aromatic N) is 4. The van der Waals surface area contributed by atoms with Crippen LogP contribution in [0.3, 0.4) is 0 Å². The van der Waals surface area contributed by atoms with Crippen molar-refractivity contribution in [1.29, 1.82) is 0 Å². The van der Waals surface area contributed by atoms with Gasteiger partial charge in [0, 0.05) is 49.3 Å². The van der Waals surface area contributed by atoms with E-state index in [1.54, 1.807) is 0 Å². The Morgan fingerprint density at radius 1 is 0.304 bits per heavy atom. The van der Waals surface area contributed by atoms with E-state index in [-0.39, 0.29) is 0 Å². The second-order valence-corrected chi connectivity index (χ2v) is 14.6. The number of para-hydroxylation sites is 2. The SMILES string of the molecule is c1ccc(-c2cccc(-n3c4ccccc4c4cc5c(cc43)c3ccccc3n5-c3cccc(-c4cnc5c6ccccc6c6ccccc6c5n4)c3)c2)cc1. The highest BCUT2D eigenvalue weighted by molar-refractivity contribution is 6.23. The van der Waals surface area contributed by atoms with E-state index < -0.39 is 0 Å². The molecule has 0 aliphatic carbocycles. The lowest BCUT2D eigenvalue weighted by Gasteiger charge is -2.12. The highest BCUT2D eigenvalue weighted by Gasteiger charge is 2.19. The fraction of sp³-hybridized carbons (Fsp3) is 0. The predicted octanol–water partition coefficient (Wildman–Crippen LogP) is 13.5. The molecule has 0 amide bonds. The molecule has 9 aromatic carbocycles. The van der Waals surface area contributed by atoms with E-state index in [0.29, 0.717) is 0 Å². The van der Waals surface area contributed by atoms with Crippen LogP contribution in [-0.2, 0) is 0 Å². The lowest BCUT2D eigenvalue weighted by molar-refractivity contribution is 1.17. The number of benzene rings is 9. The molecule has 4 heteroatoms. The van der Waals surface area contributed by atoms with Crippen molar-refractivity contribution in [2.75, 3.05) is 0 Å². The molecular weight excluding hydrogens is 681 g/mol. The summed E-state index contributed by atoms with van der Waals surface area (Å²) in [5.74, 6) is 0. The maximum atomic E-state index is 5.33. The van der Waals surface area contributed by atoms with Gasteiger partial charge in [-0.2, -0.15) is 0 Å². The average molecular weight is 713 g/mol. The zero-order chi connectivity index (χ0) is 36.7. The highest BCUT2D eigenvalue weighted by atomic mass is 15.0. The molecule has 0 bridgehead atoms. The van der Waals surface area contributed by atoms with Crippen molar-refractivity contribution >= 4 is 76.2 Å². The Bertz CT molecular complexity index is 3500. The third-order valence-corrected chi connectivity index (χ3v) is 11.5. The van der Waals surface area contributed by atoms with Crippen molar-refractivity contribution < 1.29 is 0 Å². The Balaban J connectivity index is 1.07. The largest absolute Gasteiger partial charge is 0.309 e. The maximum absolute atomic E-state index is 5.33. The molecule has 12 aromatic rings. The third kappa shape index (κ3) is 4.53. The van der Waals surface area contributed by atoms with Crippen LogP contribution >= 0.6 is 0 Å². The minimum Gasteiger partial charge on any atom is -0.309 e. The van der Waals surface area contributed by atoms with Gasteiger partial charge in [0.1, 0.15) is 0 Å². The Labute approximate surface area is 322 Å². The summed E-state index contributed by atoms with van der Waals surface area (Å²) in [6.07, 6.45) is 1.93. The average Bonchev–Trinajstić information content (AvgIpc) is 3.78. The van der Waals surface area contributed by atoms with Gasteiger partial charge in [-0.25, -0.2) is 4.98 Å². The second kappa shape index (κ2) is 12.0. The summed E-state index contributed by atoms with van der Waals surface area (Å²) in [6.45, 7) is 0. The monoisotopic (exact) mass is 712 g/mol. The van der Waals surface area contributed by atoms with Crippen LogP contribution < -0.4 is 0 Å². The zero-order valence-electron chi connectivity index (χ0n) is 30.3. The van der Waals surface area contributed by atoms with E-state index in [1.807, 2.05) is 6.20 Å². The molecule has 12 rings (SSSR count). The van der Waals surface area contributed by atoms with Crippen molar-refractivity contribution in [1.82, 2.24) is 19.1 Å². The molecule has 0 saturated carbocycles. The normalized spacial score (nSPS) is 11.9. The van der Waals surface area contributed by atoms with E-state index in [2.05, 4.69) is 197 Å². The van der Waals surface area contributed by atoms with Gasteiger partial charge in [-0.15, -0.1) is 0 Å². The molecule has 0 atom stereocenters. The van der Waals surface area contributed by atoms with Gasteiger partial charge in [-0.3, -0.25) is 4.98 Å². The van der Waals surface area contributed by atoms with E-state index in [1.165, 1.54) is 60.0 Å². The Morgan fingerprint density at radius 2 is 0.768 bits per heavy atom. The molecule has 3 aromatic heterocycles. The molecule has 0 unspecified atom stereocenters. The van der Waals surface area contributed by atoms with Gasteiger partial charge in [0.05, 0.1) is 45.0 Å². The van der Waals surface area contributed by atoms with Crippen molar-refractivity contribution in [2.45, 2.75) is 0 Å². The van der Waals surface area contributed by atoms with Crippen molar-refractivity contribution in [2.24, 2.45) is 0 Å². The van der Waals surface area contributed by atoms with Crippen LogP contribution in [0.2, 0.25) is 0 Å². The van der Waals surface area contributed by atoms with E-state index in [4.69, 9.17) is 9.97 Å². The number of hydrogen-bond acceptors (Lipinski definition) is 2.